The molecule has 1 rings (SSSR count). The minimum Gasteiger partial charge on any atom is -0.341 e. The Labute approximate surface area is 101 Å². The molecule has 1 heterocycles. The van der Waals surface area contributed by atoms with Crippen LogP contribution in [-0.4, -0.2) is 35.6 Å². The first kappa shape index (κ1) is 13.8. The van der Waals surface area contributed by atoms with E-state index >= 15 is 0 Å². The van der Waals surface area contributed by atoms with Crippen LogP contribution in [-0.2, 0) is 0 Å². The van der Waals surface area contributed by atoms with Gasteiger partial charge in [0.15, 0.2) is 0 Å². The monoisotopic (exact) mass is 266 g/mol. The number of hydrogen-bond acceptors (Lipinski definition) is 2. The van der Waals surface area contributed by atoms with E-state index in [2.05, 4.69) is 4.98 Å². The van der Waals surface area contributed by atoms with Gasteiger partial charge in [-0.25, -0.2) is 4.98 Å². The maximum Gasteiger partial charge on any atom is 0.390 e. The minimum atomic E-state index is -4.27. The zero-order valence-electron chi connectivity index (χ0n) is 8.96. The average Bonchev–Trinajstić information content (AvgIpc) is 2.24. The second-order valence-corrected chi connectivity index (χ2v) is 3.85. The summed E-state index contributed by atoms with van der Waals surface area (Å²) in [5, 5.41) is 0.125. The highest BCUT2D eigenvalue weighted by atomic mass is 35.5. The molecule has 0 aromatic carbocycles. The van der Waals surface area contributed by atoms with Crippen molar-refractivity contribution in [3.8, 4) is 0 Å². The first-order valence-electron chi connectivity index (χ1n) is 4.73. The molecule has 0 fully saturated rings. The molecule has 0 N–H and O–H groups in total. The van der Waals surface area contributed by atoms with Crippen molar-refractivity contribution in [1.82, 2.24) is 9.88 Å². The third-order valence-corrected chi connectivity index (χ3v) is 2.26. The number of halogens is 4. The zero-order valence-corrected chi connectivity index (χ0v) is 9.72. The molecule has 0 radical (unpaired) electrons. The molecule has 1 aromatic heterocycles. The lowest BCUT2D eigenvalue weighted by atomic mass is 10.2. The van der Waals surface area contributed by atoms with E-state index in [1.165, 1.54) is 25.4 Å². The Morgan fingerprint density at radius 2 is 2.18 bits per heavy atom. The van der Waals surface area contributed by atoms with Gasteiger partial charge in [0.2, 0.25) is 0 Å². The average molecular weight is 267 g/mol. The van der Waals surface area contributed by atoms with Crippen LogP contribution in [0.4, 0.5) is 13.2 Å². The van der Waals surface area contributed by atoms with Crippen LogP contribution in [0.3, 0.4) is 0 Å². The van der Waals surface area contributed by atoms with Crippen LogP contribution in [0, 0.1) is 0 Å². The molecule has 0 unspecified atom stereocenters. The maximum atomic E-state index is 12.0. The zero-order chi connectivity index (χ0) is 13.1. The fourth-order valence-corrected chi connectivity index (χ4v) is 1.33. The molecule has 1 aromatic rings. The normalized spacial score (nSPS) is 11.4. The second kappa shape index (κ2) is 5.35. The smallest absolute Gasteiger partial charge is 0.341 e. The number of carbonyl (C=O) groups is 1. The molecule has 0 spiro atoms. The maximum absolute atomic E-state index is 12.0. The van der Waals surface area contributed by atoms with Crippen LogP contribution in [0.15, 0.2) is 18.3 Å². The van der Waals surface area contributed by atoms with Gasteiger partial charge in [-0.05, 0) is 12.1 Å². The van der Waals surface area contributed by atoms with Gasteiger partial charge in [-0.1, -0.05) is 11.6 Å². The van der Waals surface area contributed by atoms with Crippen molar-refractivity contribution in [2.24, 2.45) is 0 Å². The van der Waals surface area contributed by atoms with Crippen molar-refractivity contribution in [2.75, 3.05) is 13.6 Å². The Morgan fingerprint density at radius 3 is 2.71 bits per heavy atom. The number of hydrogen-bond donors (Lipinski definition) is 0. The van der Waals surface area contributed by atoms with Crippen LogP contribution in [0.2, 0.25) is 5.15 Å². The predicted octanol–water partition coefficient (Wildman–Crippen LogP) is 2.76. The van der Waals surface area contributed by atoms with E-state index < -0.39 is 18.5 Å². The van der Waals surface area contributed by atoms with Gasteiger partial charge in [0, 0.05) is 25.4 Å². The number of rotatable bonds is 3. The lowest BCUT2D eigenvalue weighted by Gasteiger charge is -2.18. The van der Waals surface area contributed by atoms with E-state index in [1.807, 2.05) is 0 Å². The van der Waals surface area contributed by atoms with E-state index in [4.69, 9.17) is 11.6 Å². The highest BCUT2D eigenvalue weighted by Gasteiger charge is 2.28. The number of alkyl halides is 3. The van der Waals surface area contributed by atoms with Gasteiger partial charge in [0.05, 0.1) is 6.42 Å². The predicted molar refractivity (Wildman–Crippen MR) is 56.9 cm³/mol. The molecule has 0 aliphatic heterocycles. The molecule has 7 heteroatoms. The van der Waals surface area contributed by atoms with Crippen LogP contribution < -0.4 is 0 Å². The molecule has 94 valence electrons. The summed E-state index contributed by atoms with van der Waals surface area (Å²) in [6.45, 7) is -0.387. The first-order valence-corrected chi connectivity index (χ1v) is 5.11. The molecular weight excluding hydrogens is 257 g/mol. The highest BCUT2D eigenvalue weighted by Crippen LogP contribution is 2.20. The summed E-state index contributed by atoms with van der Waals surface area (Å²) in [5.41, 5.74) is 0.217. The Morgan fingerprint density at radius 1 is 1.53 bits per heavy atom. The van der Waals surface area contributed by atoms with Gasteiger partial charge in [-0.2, -0.15) is 13.2 Å². The van der Waals surface area contributed by atoms with Crippen molar-refractivity contribution in [1.29, 1.82) is 0 Å². The number of aromatic nitrogens is 1. The quantitative estimate of drug-likeness (QED) is 0.788. The highest BCUT2D eigenvalue weighted by molar-refractivity contribution is 6.29. The summed E-state index contributed by atoms with van der Waals surface area (Å²) < 4.78 is 35.9. The summed E-state index contributed by atoms with van der Waals surface area (Å²) >= 11 is 5.58. The van der Waals surface area contributed by atoms with Gasteiger partial charge in [-0.3, -0.25) is 4.79 Å². The van der Waals surface area contributed by atoms with Crippen molar-refractivity contribution in [2.45, 2.75) is 12.6 Å². The van der Waals surface area contributed by atoms with Crippen LogP contribution in [0.1, 0.15) is 16.8 Å². The number of pyridine rings is 1. The van der Waals surface area contributed by atoms with Gasteiger partial charge >= 0.3 is 6.18 Å². The summed E-state index contributed by atoms with van der Waals surface area (Å²) in [7, 11) is 1.31. The summed E-state index contributed by atoms with van der Waals surface area (Å²) in [6.07, 6.45) is -3.98. The molecular formula is C10H10ClF3N2O. The second-order valence-electron chi connectivity index (χ2n) is 3.46. The Kier molecular flexibility index (Phi) is 4.34. The third kappa shape index (κ3) is 4.60. The molecule has 0 saturated heterocycles. The topological polar surface area (TPSA) is 33.2 Å². The molecule has 0 aliphatic rings. The minimum absolute atomic E-state index is 0.125. The fraction of sp³-hybridized carbons (Fsp3) is 0.400. The number of amides is 1. The van der Waals surface area contributed by atoms with Gasteiger partial charge in [-0.15, -0.1) is 0 Å². The fourth-order valence-electron chi connectivity index (χ4n) is 1.15. The summed E-state index contributed by atoms with van der Waals surface area (Å²) in [6, 6.07) is 2.71. The van der Waals surface area contributed by atoms with Crippen molar-refractivity contribution in [3.63, 3.8) is 0 Å². The van der Waals surface area contributed by atoms with Crippen LogP contribution in [0.5, 0.6) is 0 Å². The van der Waals surface area contributed by atoms with E-state index in [0.717, 1.165) is 4.90 Å². The van der Waals surface area contributed by atoms with Crippen molar-refractivity contribution >= 4 is 17.5 Å². The molecule has 0 aliphatic carbocycles. The SMILES string of the molecule is CN(CCC(F)(F)F)C(=O)c1ccnc(Cl)c1. The molecule has 3 nitrogen and oxygen atoms in total. The standard InChI is InChI=1S/C10H10ClF3N2O/c1-16(5-3-10(12,13)14)9(17)7-2-4-15-8(11)6-7/h2,4,6H,3,5H2,1H3. The lowest BCUT2D eigenvalue weighted by molar-refractivity contribution is -0.136. The van der Waals surface area contributed by atoms with Crippen molar-refractivity contribution in [3.05, 3.63) is 29.0 Å². The lowest BCUT2D eigenvalue weighted by Crippen LogP contribution is -2.30. The molecule has 17 heavy (non-hydrogen) atoms. The Balaban J connectivity index is 2.64. The summed E-state index contributed by atoms with van der Waals surface area (Å²) in [4.78, 5) is 16.4. The van der Waals surface area contributed by atoms with E-state index in [1.54, 1.807) is 0 Å². The number of carbonyl (C=O) groups excluding carboxylic acids is 1. The largest absolute Gasteiger partial charge is 0.390 e. The van der Waals surface area contributed by atoms with E-state index in [-0.39, 0.29) is 17.3 Å². The first-order chi connectivity index (χ1) is 7.79. The molecule has 0 saturated carbocycles. The summed E-state index contributed by atoms with van der Waals surface area (Å²) in [5.74, 6) is -0.515. The molecule has 1 amide bonds. The number of nitrogens with zero attached hydrogens (tertiary/aromatic N) is 2. The van der Waals surface area contributed by atoms with E-state index in [9.17, 15) is 18.0 Å². The van der Waals surface area contributed by atoms with Gasteiger partial charge in [0.1, 0.15) is 5.15 Å². The van der Waals surface area contributed by atoms with Crippen molar-refractivity contribution < 1.29 is 18.0 Å². The van der Waals surface area contributed by atoms with Crippen LogP contribution in [0.25, 0.3) is 0 Å². The molecule has 0 bridgehead atoms. The Bertz CT molecular complexity index is 409. The third-order valence-electron chi connectivity index (χ3n) is 2.05. The van der Waals surface area contributed by atoms with E-state index in [0.29, 0.717) is 0 Å². The van der Waals surface area contributed by atoms with Gasteiger partial charge < -0.3 is 4.90 Å². The van der Waals surface area contributed by atoms with Gasteiger partial charge in [0.25, 0.3) is 5.91 Å². The Hall–Kier alpha value is -1.30. The van der Waals surface area contributed by atoms with Crippen LogP contribution >= 0.6 is 11.6 Å². The molecule has 0 atom stereocenters.